The van der Waals surface area contributed by atoms with Crippen LogP contribution in [0.25, 0.3) is 16.9 Å². The number of rotatable bonds is 4. The molecule has 0 spiro atoms. The lowest BCUT2D eigenvalue weighted by atomic mass is 10.1. The second-order valence-corrected chi connectivity index (χ2v) is 7.27. The zero-order valence-electron chi connectivity index (χ0n) is 15.6. The molecule has 0 radical (unpaired) electrons. The van der Waals surface area contributed by atoms with E-state index in [0.29, 0.717) is 16.3 Å². The molecule has 1 fully saturated rings. The average Bonchev–Trinajstić information content (AvgIpc) is 3.13. The van der Waals surface area contributed by atoms with Crippen molar-refractivity contribution in [2.75, 3.05) is 13.2 Å². The molecule has 2 aromatic carbocycles. The van der Waals surface area contributed by atoms with E-state index in [1.807, 2.05) is 0 Å². The van der Waals surface area contributed by atoms with Gasteiger partial charge in [0, 0.05) is 10.6 Å². The van der Waals surface area contributed by atoms with Gasteiger partial charge in [0.1, 0.15) is 11.4 Å². The normalized spacial score (nSPS) is 18.4. The second-order valence-electron chi connectivity index (χ2n) is 6.83. The van der Waals surface area contributed by atoms with Gasteiger partial charge in [-0.2, -0.15) is 9.78 Å². The minimum absolute atomic E-state index is 0.102. The fraction of sp³-hybridized carbons (Fsp3) is 0.190. The monoisotopic (exact) mass is 429 g/mol. The molecule has 1 aliphatic heterocycles. The highest BCUT2D eigenvalue weighted by Crippen LogP contribution is 2.21. The number of aliphatic hydroxyl groups is 1. The van der Waals surface area contributed by atoms with Gasteiger partial charge < -0.3 is 15.2 Å². The molecule has 0 aliphatic carbocycles. The highest BCUT2D eigenvalue weighted by Gasteiger charge is 2.29. The van der Waals surface area contributed by atoms with Crippen molar-refractivity contribution in [3.63, 3.8) is 0 Å². The molecule has 0 saturated carbocycles. The molecule has 2 heterocycles. The number of nitrogens with zero attached hydrogens (tertiary/aromatic N) is 2. The zero-order valence-corrected chi connectivity index (χ0v) is 16.3. The minimum atomic E-state index is -0.864. The summed E-state index contributed by atoms with van der Waals surface area (Å²) in [5, 5.41) is 17.3. The molecule has 3 aromatic rings. The van der Waals surface area contributed by atoms with Crippen molar-refractivity contribution in [3.8, 4) is 16.9 Å². The molecule has 1 saturated heterocycles. The smallest absolute Gasteiger partial charge is 0.284 e. The predicted octanol–water partition coefficient (Wildman–Crippen LogP) is 2.18. The molecule has 1 aromatic heterocycles. The van der Waals surface area contributed by atoms with Crippen molar-refractivity contribution < 1.29 is 19.0 Å². The number of aromatic nitrogens is 2. The van der Waals surface area contributed by atoms with Gasteiger partial charge in [-0.1, -0.05) is 29.8 Å². The fourth-order valence-electron chi connectivity index (χ4n) is 3.13. The third-order valence-electron chi connectivity index (χ3n) is 4.72. The maximum atomic E-state index is 13.7. The Morgan fingerprint density at radius 2 is 1.97 bits per heavy atom. The first-order chi connectivity index (χ1) is 14.4. The summed E-state index contributed by atoms with van der Waals surface area (Å²) in [6, 6.07) is 12.8. The van der Waals surface area contributed by atoms with Crippen LogP contribution in [0.2, 0.25) is 5.02 Å². The maximum absolute atomic E-state index is 13.7. The van der Waals surface area contributed by atoms with Crippen molar-refractivity contribution in [1.29, 1.82) is 0 Å². The Balaban J connectivity index is 1.82. The molecule has 0 unspecified atom stereocenters. The highest BCUT2D eigenvalue weighted by molar-refractivity contribution is 6.30. The van der Waals surface area contributed by atoms with Crippen molar-refractivity contribution in [2.45, 2.75) is 12.1 Å². The molecule has 154 valence electrons. The van der Waals surface area contributed by atoms with Gasteiger partial charge >= 0.3 is 0 Å². The van der Waals surface area contributed by atoms with Crippen LogP contribution in [-0.4, -0.2) is 46.2 Å². The van der Waals surface area contributed by atoms with Gasteiger partial charge in [0.15, 0.2) is 0 Å². The van der Waals surface area contributed by atoms with Gasteiger partial charge in [0.25, 0.3) is 11.5 Å². The number of carbonyl (C=O) groups is 1. The number of ether oxygens (including phenoxy) is 1. The number of halogens is 2. The van der Waals surface area contributed by atoms with Crippen LogP contribution in [0.5, 0.6) is 0 Å². The Bertz CT molecular complexity index is 1150. The standard InChI is InChI=1S/C21H17ClFN3O4/c22-13-6-4-12(5-7-13)17-9-16(20(28)24-18-10-30-11-19(18)27)21(29)26(25-17)15-3-1-2-14(23)8-15/h1-9,18-19,27H,10-11H2,(H,24,28)/t18-,19-/m0/s1. The molecular weight excluding hydrogens is 413 g/mol. The van der Waals surface area contributed by atoms with Crippen molar-refractivity contribution in [2.24, 2.45) is 0 Å². The fourth-order valence-corrected chi connectivity index (χ4v) is 3.25. The summed E-state index contributed by atoms with van der Waals surface area (Å²) in [5.74, 6) is -1.23. The first kappa shape index (κ1) is 20.2. The van der Waals surface area contributed by atoms with Crippen molar-refractivity contribution >= 4 is 17.5 Å². The first-order valence-electron chi connectivity index (χ1n) is 9.15. The van der Waals surface area contributed by atoms with Crippen LogP contribution in [0.15, 0.2) is 59.4 Å². The number of hydrogen-bond donors (Lipinski definition) is 2. The lowest BCUT2D eigenvalue weighted by Gasteiger charge is -2.16. The topological polar surface area (TPSA) is 93.4 Å². The first-order valence-corrected chi connectivity index (χ1v) is 9.53. The Hall–Kier alpha value is -3.07. The molecule has 0 bridgehead atoms. The number of carbonyl (C=O) groups excluding carboxylic acids is 1. The number of nitrogens with one attached hydrogen (secondary N) is 1. The predicted molar refractivity (Wildman–Crippen MR) is 108 cm³/mol. The summed E-state index contributed by atoms with van der Waals surface area (Å²) < 4.78 is 19.9. The van der Waals surface area contributed by atoms with Crippen LogP contribution in [0, 0.1) is 5.82 Å². The molecule has 1 amide bonds. The van der Waals surface area contributed by atoms with E-state index in [1.54, 1.807) is 24.3 Å². The van der Waals surface area contributed by atoms with Gasteiger partial charge in [-0.05, 0) is 36.4 Å². The molecule has 2 N–H and O–H groups in total. The third-order valence-corrected chi connectivity index (χ3v) is 4.97. The van der Waals surface area contributed by atoms with Gasteiger partial charge in [0.2, 0.25) is 0 Å². The lowest BCUT2D eigenvalue weighted by molar-refractivity contribution is 0.0884. The maximum Gasteiger partial charge on any atom is 0.284 e. The largest absolute Gasteiger partial charge is 0.388 e. The van der Waals surface area contributed by atoms with Gasteiger partial charge in [-0.15, -0.1) is 0 Å². The average molecular weight is 430 g/mol. The molecule has 9 heteroatoms. The van der Waals surface area contributed by atoms with Crippen molar-refractivity contribution in [3.05, 3.63) is 81.4 Å². The Kier molecular flexibility index (Phi) is 5.63. The summed E-state index contributed by atoms with van der Waals surface area (Å²) in [4.78, 5) is 25.9. The summed E-state index contributed by atoms with van der Waals surface area (Å²) >= 11 is 5.94. The lowest BCUT2D eigenvalue weighted by Crippen LogP contribution is -2.44. The summed E-state index contributed by atoms with van der Waals surface area (Å²) in [6.07, 6.45) is -0.864. The van der Waals surface area contributed by atoms with E-state index in [2.05, 4.69) is 10.4 Å². The van der Waals surface area contributed by atoms with Gasteiger partial charge in [-0.3, -0.25) is 9.59 Å². The quantitative estimate of drug-likeness (QED) is 0.663. The summed E-state index contributed by atoms with van der Waals surface area (Å²) in [6.45, 7) is 0.241. The Morgan fingerprint density at radius 3 is 2.63 bits per heavy atom. The number of aliphatic hydroxyl groups excluding tert-OH is 1. The van der Waals surface area contributed by atoms with Crippen LogP contribution in [0.3, 0.4) is 0 Å². The molecule has 4 rings (SSSR count). The van der Waals surface area contributed by atoms with E-state index in [1.165, 1.54) is 24.3 Å². The van der Waals surface area contributed by atoms with Crippen LogP contribution < -0.4 is 10.9 Å². The van der Waals surface area contributed by atoms with E-state index in [-0.39, 0.29) is 24.5 Å². The van der Waals surface area contributed by atoms with Crippen LogP contribution in [0.4, 0.5) is 4.39 Å². The number of amides is 1. The second kappa shape index (κ2) is 8.35. The van der Waals surface area contributed by atoms with Gasteiger partial charge in [-0.25, -0.2) is 4.39 Å². The van der Waals surface area contributed by atoms with E-state index in [4.69, 9.17) is 16.3 Å². The van der Waals surface area contributed by atoms with Crippen molar-refractivity contribution in [1.82, 2.24) is 15.1 Å². The molecule has 7 nitrogen and oxygen atoms in total. The zero-order chi connectivity index (χ0) is 21.3. The number of hydrogen-bond acceptors (Lipinski definition) is 5. The summed E-state index contributed by atoms with van der Waals surface area (Å²) in [5.41, 5.74) is 0.198. The minimum Gasteiger partial charge on any atom is -0.388 e. The Labute approximate surface area is 175 Å². The Morgan fingerprint density at radius 1 is 1.20 bits per heavy atom. The highest BCUT2D eigenvalue weighted by atomic mass is 35.5. The third kappa shape index (κ3) is 4.11. The molecule has 1 aliphatic rings. The van der Waals surface area contributed by atoms with E-state index in [0.717, 1.165) is 10.7 Å². The van der Waals surface area contributed by atoms with E-state index < -0.39 is 29.4 Å². The van der Waals surface area contributed by atoms with Gasteiger partial charge in [0.05, 0.1) is 36.7 Å². The molecular formula is C21H17ClFN3O4. The van der Waals surface area contributed by atoms with E-state index in [9.17, 15) is 19.1 Å². The molecule has 30 heavy (non-hydrogen) atoms. The summed E-state index contributed by atoms with van der Waals surface area (Å²) in [7, 11) is 0. The van der Waals surface area contributed by atoms with E-state index >= 15 is 0 Å². The number of benzene rings is 2. The SMILES string of the molecule is O=C(N[C@H]1COC[C@@H]1O)c1cc(-c2ccc(Cl)cc2)nn(-c2cccc(F)c2)c1=O. The molecule has 2 atom stereocenters. The van der Waals surface area contributed by atoms with Crippen LogP contribution >= 0.6 is 11.6 Å². The van der Waals surface area contributed by atoms with Crippen LogP contribution in [0.1, 0.15) is 10.4 Å². The van der Waals surface area contributed by atoms with Crippen LogP contribution in [-0.2, 0) is 4.74 Å².